The molecule has 14 heteroatoms. The number of carbonyl (C=O) groups excluding carboxylic acids is 2. The van der Waals surface area contributed by atoms with Crippen molar-refractivity contribution in [1.82, 2.24) is 15.3 Å². The maximum absolute atomic E-state index is 13.9. The zero-order valence-electron chi connectivity index (χ0n) is 22.8. The molecule has 1 aromatic rings. The second kappa shape index (κ2) is 13.7. The molecule has 0 amide bonds. The predicted octanol–water partition coefficient (Wildman–Crippen LogP) is 2.18. The Morgan fingerprint density at radius 1 is 1.18 bits per heavy atom. The van der Waals surface area contributed by atoms with Crippen molar-refractivity contribution in [3.8, 4) is 0 Å². The van der Waals surface area contributed by atoms with Crippen molar-refractivity contribution >= 4 is 32.1 Å². The van der Waals surface area contributed by atoms with Crippen molar-refractivity contribution in [3.05, 3.63) is 46.9 Å². The van der Waals surface area contributed by atoms with E-state index < -0.39 is 31.6 Å². The van der Waals surface area contributed by atoms with E-state index in [1.807, 2.05) is 11.8 Å². The third-order valence-electron chi connectivity index (χ3n) is 5.69. The number of nitrogens with two attached hydrogens (primary N) is 1. The number of aliphatic imine (C=N–C) groups is 2. The Kier molecular flexibility index (Phi) is 10.6. The molecule has 2 aliphatic heterocycles. The van der Waals surface area contributed by atoms with Gasteiger partial charge in [0.05, 0.1) is 31.5 Å². The molecule has 0 aromatic heterocycles. The molecule has 2 heterocycles. The summed E-state index contributed by atoms with van der Waals surface area (Å²) in [7, 11) is -3.74. The first-order valence-corrected chi connectivity index (χ1v) is 14.4. The van der Waals surface area contributed by atoms with E-state index in [0.717, 1.165) is 0 Å². The van der Waals surface area contributed by atoms with Crippen LogP contribution in [0.1, 0.15) is 45.7 Å². The van der Waals surface area contributed by atoms with Gasteiger partial charge in [-0.2, -0.15) is 0 Å². The Morgan fingerprint density at radius 2 is 1.87 bits per heavy atom. The number of hydrogen-bond donors (Lipinski definition) is 3. The molecule has 3 rings (SSSR count). The lowest BCUT2D eigenvalue weighted by Gasteiger charge is -2.28. The van der Waals surface area contributed by atoms with E-state index in [1.54, 1.807) is 51.4 Å². The number of rotatable bonds is 14. The molecule has 1 aromatic carbocycles. The SMILES string of the molecule is CC(=O)OCc1ccccc1CO[P@@](=O)(CO[C@H](C)CN1C=NC2=C(N)NC=NC21)N[C@H](C)C(=O)OC(C)C. The topological polar surface area (TPSA) is 166 Å². The minimum atomic E-state index is -3.74. The minimum absolute atomic E-state index is 0.0504. The summed E-state index contributed by atoms with van der Waals surface area (Å²) < 4.78 is 36.1. The van der Waals surface area contributed by atoms with Crippen LogP contribution in [-0.2, 0) is 46.1 Å². The van der Waals surface area contributed by atoms with Crippen LogP contribution in [-0.4, -0.2) is 66.8 Å². The van der Waals surface area contributed by atoms with E-state index >= 15 is 0 Å². The first-order chi connectivity index (χ1) is 18.5. The van der Waals surface area contributed by atoms with E-state index in [9.17, 15) is 14.2 Å². The number of carbonyl (C=O) groups is 2. The number of esters is 2. The molecule has 4 N–H and O–H groups in total. The van der Waals surface area contributed by atoms with E-state index in [-0.39, 0.29) is 31.8 Å². The van der Waals surface area contributed by atoms with Crippen LogP contribution in [0, 0.1) is 0 Å². The summed E-state index contributed by atoms with van der Waals surface area (Å²) in [5.74, 6) is -0.548. The molecule has 1 unspecified atom stereocenters. The molecule has 0 saturated carbocycles. The summed E-state index contributed by atoms with van der Waals surface area (Å²) >= 11 is 0. The highest BCUT2D eigenvalue weighted by molar-refractivity contribution is 7.56. The van der Waals surface area contributed by atoms with E-state index in [0.29, 0.717) is 29.2 Å². The molecule has 0 bridgehead atoms. The van der Waals surface area contributed by atoms with Crippen LogP contribution in [0.15, 0.2) is 45.8 Å². The lowest BCUT2D eigenvalue weighted by atomic mass is 10.1. The van der Waals surface area contributed by atoms with Crippen molar-refractivity contribution in [1.29, 1.82) is 0 Å². The number of ether oxygens (including phenoxy) is 3. The molecule has 0 spiro atoms. The Bertz CT molecular complexity index is 1170. The predicted molar refractivity (Wildman–Crippen MR) is 145 cm³/mol. The van der Waals surface area contributed by atoms with Gasteiger partial charge < -0.3 is 34.7 Å². The highest BCUT2D eigenvalue weighted by Gasteiger charge is 2.33. The molecule has 4 atom stereocenters. The summed E-state index contributed by atoms with van der Waals surface area (Å²) in [6.07, 6.45) is 1.73. The van der Waals surface area contributed by atoms with Crippen molar-refractivity contribution < 1.29 is 32.9 Å². The Labute approximate surface area is 228 Å². The van der Waals surface area contributed by atoms with Crippen LogP contribution in [0.25, 0.3) is 0 Å². The van der Waals surface area contributed by atoms with Crippen molar-refractivity contribution in [3.63, 3.8) is 0 Å². The standard InChI is InChI=1S/C25H37N6O7P/c1-16(2)38-25(33)18(4)30-39(34,37-12-21-9-7-6-8-20(21)11-35-19(5)32)15-36-17(3)10-31-14-29-22-23(26)27-13-28-24(22)31/h6-9,13-14,16-18,24H,10-12,15,26H2,1-5H3,(H,27,28)(H,30,34)/t17-,18-,24?,39+/m1/s1. The van der Waals surface area contributed by atoms with Gasteiger partial charge in [-0.15, -0.1) is 0 Å². The highest BCUT2D eigenvalue weighted by atomic mass is 31.2. The first kappa shape index (κ1) is 30.3. The number of nitrogens with one attached hydrogen (secondary N) is 2. The summed E-state index contributed by atoms with van der Waals surface area (Å²) in [6.45, 7) is 8.52. The van der Waals surface area contributed by atoms with Gasteiger partial charge in [-0.3, -0.25) is 14.2 Å². The Hall–Kier alpha value is -3.25. The molecule has 0 aliphatic carbocycles. The molecule has 0 radical (unpaired) electrons. The van der Waals surface area contributed by atoms with Crippen molar-refractivity contribution in [2.75, 3.05) is 12.9 Å². The van der Waals surface area contributed by atoms with Gasteiger partial charge in [0, 0.05) is 13.5 Å². The van der Waals surface area contributed by atoms with Gasteiger partial charge in [0.15, 0.2) is 6.17 Å². The van der Waals surface area contributed by atoms with E-state index in [4.69, 9.17) is 24.5 Å². The van der Waals surface area contributed by atoms with Gasteiger partial charge >= 0.3 is 11.9 Å². The largest absolute Gasteiger partial charge is 0.462 e. The van der Waals surface area contributed by atoms with Gasteiger partial charge in [-0.25, -0.2) is 15.1 Å². The fourth-order valence-corrected chi connectivity index (χ4v) is 5.47. The lowest BCUT2D eigenvalue weighted by molar-refractivity contribution is -0.149. The molecule has 0 saturated heterocycles. The van der Waals surface area contributed by atoms with E-state index in [2.05, 4.69) is 20.4 Å². The summed E-state index contributed by atoms with van der Waals surface area (Å²) in [5, 5.41) is 5.62. The lowest BCUT2D eigenvalue weighted by Crippen LogP contribution is -2.40. The zero-order valence-corrected chi connectivity index (χ0v) is 23.7. The Morgan fingerprint density at radius 3 is 2.54 bits per heavy atom. The Balaban J connectivity index is 1.67. The molecule has 214 valence electrons. The van der Waals surface area contributed by atoms with Crippen LogP contribution < -0.4 is 16.1 Å². The first-order valence-electron chi connectivity index (χ1n) is 12.6. The van der Waals surface area contributed by atoms with Crippen LogP contribution in [0.2, 0.25) is 0 Å². The summed E-state index contributed by atoms with van der Waals surface area (Å²) in [5.41, 5.74) is 7.94. The minimum Gasteiger partial charge on any atom is -0.462 e. The van der Waals surface area contributed by atoms with Gasteiger partial charge in [-0.1, -0.05) is 24.3 Å². The van der Waals surface area contributed by atoms with Crippen LogP contribution in [0.4, 0.5) is 0 Å². The number of benzene rings is 1. The second-order valence-corrected chi connectivity index (χ2v) is 11.6. The average molecular weight is 565 g/mol. The quantitative estimate of drug-likeness (QED) is 0.224. The second-order valence-electron chi connectivity index (χ2n) is 9.48. The summed E-state index contributed by atoms with van der Waals surface area (Å²) in [4.78, 5) is 34.2. The number of fused-ring (bicyclic) bond motifs is 1. The highest BCUT2D eigenvalue weighted by Crippen LogP contribution is 2.44. The van der Waals surface area contributed by atoms with Crippen molar-refractivity contribution in [2.45, 2.75) is 72.2 Å². The molecule has 39 heavy (non-hydrogen) atoms. The van der Waals surface area contributed by atoms with Gasteiger partial charge in [0.2, 0.25) is 0 Å². The molecular formula is C25H37N6O7P. The number of hydrogen-bond acceptors (Lipinski definition) is 12. The summed E-state index contributed by atoms with van der Waals surface area (Å²) in [6, 6.07) is 6.26. The van der Waals surface area contributed by atoms with Crippen LogP contribution >= 0.6 is 7.52 Å². The third kappa shape index (κ3) is 8.89. The fourth-order valence-electron chi connectivity index (χ4n) is 3.75. The molecule has 0 fully saturated rings. The molecular weight excluding hydrogens is 527 g/mol. The maximum atomic E-state index is 13.9. The van der Waals surface area contributed by atoms with E-state index in [1.165, 1.54) is 13.3 Å². The molecule has 2 aliphatic rings. The normalized spacial score (nSPS) is 19.3. The number of nitrogens with zero attached hydrogens (tertiary/aromatic N) is 3. The van der Waals surface area contributed by atoms with Gasteiger partial charge in [0.25, 0.3) is 7.52 Å². The smallest absolute Gasteiger partial charge is 0.323 e. The average Bonchev–Trinajstić information content (AvgIpc) is 3.29. The van der Waals surface area contributed by atoms with Crippen LogP contribution in [0.3, 0.4) is 0 Å². The van der Waals surface area contributed by atoms with Gasteiger partial charge in [-0.05, 0) is 38.8 Å². The monoisotopic (exact) mass is 564 g/mol. The van der Waals surface area contributed by atoms with Crippen molar-refractivity contribution in [2.24, 2.45) is 15.7 Å². The molecule has 13 nitrogen and oxygen atoms in total. The zero-order chi connectivity index (χ0) is 28.6. The third-order valence-corrected chi connectivity index (χ3v) is 7.50. The fraction of sp³-hybridized carbons (Fsp3) is 0.520. The van der Waals surface area contributed by atoms with Gasteiger partial charge in [0.1, 0.15) is 30.5 Å². The van der Waals surface area contributed by atoms with Crippen LogP contribution in [0.5, 0.6) is 0 Å². The maximum Gasteiger partial charge on any atom is 0.323 e.